The Morgan fingerprint density at radius 3 is 2.29 bits per heavy atom. The van der Waals surface area contributed by atoms with Gasteiger partial charge < -0.3 is 14.7 Å². The molecule has 9 heteroatoms. The fourth-order valence-electron chi connectivity index (χ4n) is 3.79. The molecule has 1 atom stereocenters. The lowest BCUT2D eigenvalue weighted by atomic mass is 9.95. The van der Waals surface area contributed by atoms with E-state index in [4.69, 9.17) is 0 Å². The van der Waals surface area contributed by atoms with Crippen LogP contribution in [0.2, 0.25) is 0 Å². The van der Waals surface area contributed by atoms with E-state index >= 15 is 0 Å². The van der Waals surface area contributed by atoms with E-state index in [-0.39, 0.29) is 31.4 Å². The van der Waals surface area contributed by atoms with Crippen LogP contribution in [0.5, 0.6) is 0 Å². The molecule has 1 aliphatic rings. The Morgan fingerprint density at radius 1 is 1.06 bits per heavy atom. The van der Waals surface area contributed by atoms with Crippen molar-refractivity contribution in [3.05, 3.63) is 35.6 Å². The maximum absolute atomic E-state index is 13.1. The number of hydrogen-bond donors (Lipinski definition) is 0. The van der Waals surface area contributed by atoms with Gasteiger partial charge in [0, 0.05) is 38.3 Å². The number of alkyl halides is 3. The Morgan fingerprint density at radius 2 is 1.71 bits per heavy atom. The maximum Gasteiger partial charge on any atom is 0.390 e. The van der Waals surface area contributed by atoms with Crippen molar-refractivity contribution in [1.29, 1.82) is 0 Å². The molecule has 1 aromatic carbocycles. The first kappa shape index (κ1) is 25.1. The van der Waals surface area contributed by atoms with Gasteiger partial charge in [0.15, 0.2) is 0 Å². The van der Waals surface area contributed by atoms with E-state index < -0.39 is 24.3 Å². The van der Waals surface area contributed by atoms with Crippen molar-refractivity contribution in [3.8, 4) is 0 Å². The zero-order valence-corrected chi connectivity index (χ0v) is 18.1. The van der Waals surface area contributed by atoms with Crippen molar-refractivity contribution in [3.63, 3.8) is 0 Å². The molecule has 0 aromatic heterocycles. The SMILES string of the molecule is CCN(CC)CCN(CCC(F)(F)F)C(=O)[C@@H]1CCCN(C(=O)c2ccc(F)cc2)C1. The van der Waals surface area contributed by atoms with Crippen LogP contribution >= 0.6 is 0 Å². The van der Waals surface area contributed by atoms with Gasteiger partial charge in [0.05, 0.1) is 12.3 Å². The monoisotopic (exact) mass is 445 g/mol. The molecule has 0 unspecified atom stereocenters. The van der Waals surface area contributed by atoms with Crippen LogP contribution in [0.15, 0.2) is 24.3 Å². The summed E-state index contributed by atoms with van der Waals surface area (Å²) in [5.41, 5.74) is 0.324. The quantitative estimate of drug-likeness (QED) is 0.543. The Labute approximate surface area is 181 Å². The summed E-state index contributed by atoms with van der Waals surface area (Å²) in [6, 6.07) is 5.18. The molecule has 31 heavy (non-hydrogen) atoms. The van der Waals surface area contributed by atoms with Crippen LogP contribution in [-0.2, 0) is 4.79 Å². The normalized spacial score (nSPS) is 17.1. The summed E-state index contributed by atoms with van der Waals surface area (Å²) in [5, 5.41) is 0. The molecule has 174 valence electrons. The summed E-state index contributed by atoms with van der Waals surface area (Å²) in [4.78, 5) is 30.7. The number of hydrogen-bond acceptors (Lipinski definition) is 3. The Bertz CT molecular complexity index is 720. The number of carbonyl (C=O) groups is 2. The molecule has 1 heterocycles. The molecule has 1 aliphatic heterocycles. The molecular weight excluding hydrogens is 414 g/mol. The third kappa shape index (κ3) is 7.79. The standard InChI is InChI=1S/C22H31F4N3O2/c1-3-27(4-2)14-15-28(13-11-22(24,25)26)21(31)18-6-5-12-29(16-18)20(30)17-7-9-19(23)10-8-17/h7-10,18H,3-6,11-16H2,1-2H3/t18-/m1/s1. The van der Waals surface area contributed by atoms with Gasteiger partial charge in [-0.2, -0.15) is 13.2 Å². The average molecular weight is 446 g/mol. The van der Waals surface area contributed by atoms with Crippen LogP contribution in [-0.4, -0.2) is 78.5 Å². The summed E-state index contributed by atoms with van der Waals surface area (Å²) < 4.78 is 51.6. The number of likely N-dealkylation sites (tertiary alicyclic amines) is 1. The van der Waals surface area contributed by atoms with Crippen molar-refractivity contribution in [2.75, 3.05) is 45.8 Å². The predicted octanol–water partition coefficient (Wildman–Crippen LogP) is 3.80. The third-order valence-corrected chi connectivity index (χ3v) is 5.71. The van der Waals surface area contributed by atoms with Gasteiger partial charge in [-0.3, -0.25) is 9.59 Å². The Balaban J connectivity index is 2.06. The van der Waals surface area contributed by atoms with Crippen LogP contribution in [0.4, 0.5) is 17.6 Å². The second kappa shape index (κ2) is 11.5. The summed E-state index contributed by atoms with van der Waals surface area (Å²) in [6.45, 7) is 6.39. The first-order valence-corrected chi connectivity index (χ1v) is 10.8. The molecule has 1 fully saturated rings. The van der Waals surface area contributed by atoms with Crippen molar-refractivity contribution in [1.82, 2.24) is 14.7 Å². The molecule has 0 saturated carbocycles. The minimum Gasteiger partial charge on any atom is -0.341 e. The number of likely N-dealkylation sites (N-methyl/N-ethyl adjacent to an activating group) is 1. The molecular formula is C22H31F4N3O2. The van der Waals surface area contributed by atoms with Gasteiger partial charge in [0.25, 0.3) is 5.91 Å². The lowest BCUT2D eigenvalue weighted by molar-refractivity contribution is -0.148. The largest absolute Gasteiger partial charge is 0.390 e. The highest BCUT2D eigenvalue weighted by molar-refractivity contribution is 5.94. The molecule has 0 bridgehead atoms. The number of benzene rings is 1. The highest BCUT2D eigenvalue weighted by Crippen LogP contribution is 2.24. The zero-order chi connectivity index (χ0) is 23.0. The van der Waals surface area contributed by atoms with Gasteiger partial charge in [0.1, 0.15) is 5.82 Å². The van der Waals surface area contributed by atoms with Gasteiger partial charge in [-0.15, -0.1) is 0 Å². The van der Waals surface area contributed by atoms with Gasteiger partial charge in [0.2, 0.25) is 5.91 Å². The van der Waals surface area contributed by atoms with E-state index in [2.05, 4.69) is 4.90 Å². The minimum absolute atomic E-state index is 0.156. The third-order valence-electron chi connectivity index (χ3n) is 5.71. The van der Waals surface area contributed by atoms with E-state index in [0.717, 1.165) is 13.1 Å². The molecule has 1 saturated heterocycles. The predicted molar refractivity (Wildman–Crippen MR) is 110 cm³/mol. The van der Waals surface area contributed by atoms with Gasteiger partial charge in [-0.1, -0.05) is 13.8 Å². The van der Waals surface area contributed by atoms with E-state index in [0.29, 0.717) is 31.5 Å². The number of piperidine rings is 1. The van der Waals surface area contributed by atoms with Gasteiger partial charge >= 0.3 is 6.18 Å². The van der Waals surface area contributed by atoms with E-state index in [9.17, 15) is 27.2 Å². The van der Waals surface area contributed by atoms with Crippen molar-refractivity contribution in [2.24, 2.45) is 5.92 Å². The number of amides is 2. The van der Waals surface area contributed by atoms with Crippen LogP contribution in [0, 0.1) is 11.7 Å². The van der Waals surface area contributed by atoms with Crippen LogP contribution in [0.3, 0.4) is 0 Å². The number of nitrogens with zero attached hydrogens (tertiary/aromatic N) is 3. The second-order valence-electron chi connectivity index (χ2n) is 7.81. The Kier molecular flexibility index (Phi) is 9.28. The fraction of sp³-hybridized carbons (Fsp3) is 0.636. The number of rotatable bonds is 9. The van der Waals surface area contributed by atoms with Crippen LogP contribution < -0.4 is 0 Å². The van der Waals surface area contributed by atoms with Crippen molar-refractivity contribution >= 4 is 11.8 Å². The minimum atomic E-state index is -4.34. The topological polar surface area (TPSA) is 43.9 Å². The van der Waals surface area contributed by atoms with Gasteiger partial charge in [-0.25, -0.2) is 4.39 Å². The lowest BCUT2D eigenvalue weighted by Crippen LogP contribution is -2.49. The number of halogens is 4. The van der Waals surface area contributed by atoms with E-state index in [1.807, 2.05) is 13.8 Å². The molecule has 1 aromatic rings. The summed E-state index contributed by atoms with van der Waals surface area (Å²) in [7, 11) is 0. The van der Waals surface area contributed by atoms with Crippen molar-refractivity contribution < 1.29 is 27.2 Å². The molecule has 0 aliphatic carbocycles. The molecule has 0 radical (unpaired) electrons. The maximum atomic E-state index is 13.1. The second-order valence-corrected chi connectivity index (χ2v) is 7.81. The first-order valence-electron chi connectivity index (χ1n) is 10.8. The Hall–Kier alpha value is -2.16. The molecule has 2 amide bonds. The lowest BCUT2D eigenvalue weighted by Gasteiger charge is -2.36. The zero-order valence-electron chi connectivity index (χ0n) is 18.1. The van der Waals surface area contributed by atoms with Crippen LogP contribution in [0.1, 0.15) is 43.5 Å². The van der Waals surface area contributed by atoms with Gasteiger partial charge in [-0.05, 0) is 50.2 Å². The van der Waals surface area contributed by atoms with E-state index in [1.165, 1.54) is 34.1 Å². The first-order chi connectivity index (χ1) is 14.6. The van der Waals surface area contributed by atoms with Crippen LogP contribution in [0.25, 0.3) is 0 Å². The smallest absolute Gasteiger partial charge is 0.341 e. The molecule has 0 spiro atoms. The molecule has 0 N–H and O–H groups in total. The molecule has 5 nitrogen and oxygen atoms in total. The highest BCUT2D eigenvalue weighted by Gasteiger charge is 2.34. The van der Waals surface area contributed by atoms with Crippen molar-refractivity contribution in [2.45, 2.75) is 39.3 Å². The summed E-state index contributed by atoms with van der Waals surface area (Å²) >= 11 is 0. The molecule has 2 rings (SSSR count). The highest BCUT2D eigenvalue weighted by atomic mass is 19.4. The number of carbonyl (C=O) groups excluding carboxylic acids is 2. The summed E-state index contributed by atoms with van der Waals surface area (Å²) in [5.74, 6) is -1.63. The fourth-order valence-corrected chi connectivity index (χ4v) is 3.79. The average Bonchev–Trinajstić information content (AvgIpc) is 2.75. The summed E-state index contributed by atoms with van der Waals surface area (Å²) in [6.07, 6.45) is -4.28. The van der Waals surface area contributed by atoms with E-state index in [1.54, 1.807) is 0 Å².